The van der Waals surface area contributed by atoms with E-state index in [9.17, 15) is 0 Å². The van der Waals surface area contributed by atoms with Gasteiger partial charge in [-0.25, -0.2) is 0 Å². The molecular weight excluding hydrogens is 172 g/mol. The predicted octanol–water partition coefficient (Wildman–Crippen LogP) is 2.64. The molecule has 2 heteroatoms. The normalized spacial score (nSPS) is 10.1. The van der Waals surface area contributed by atoms with Gasteiger partial charge < -0.3 is 5.73 Å². The van der Waals surface area contributed by atoms with Crippen LogP contribution in [0.1, 0.15) is 5.56 Å². The van der Waals surface area contributed by atoms with E-state index in [1.807, 2.05) is 24.3 Å². The van der Waals surface area contributed by atoms with Crippen LogP contribution < -0.4 is 5.73 Å². The third-order valence-corrected chi connectivity index (χ3v) is 2.10. The minimum absolute atomic E-state index is 0.696. The zero-order chi connectivity index (χ0) is 9.97. The fraction of sp³-hybridized carbons (Fsp3) is 0.0833. The van der Waals surface area contributed by atoms with Gasteiger partial charge in [-0.15, -0.1) is 0 Å². The molecule has 0 aliphatic rings. The van der Waals surface area contributed by atoms with E-state index in [-0.39, 0.29) is 0 Å². The largest absolute Gasteiger partial charge is 0.397 e. The van der Waals surface area contributed by atoms with Gasteiger partial charge in [0.1, 0.15) is 0 Å². The number of nitrogens with two attached hydrogens (primary N) is 1. The molecular formula is C12H12N2. The maximum Gasteiger partial charge on any atom is 0.0703 e. The van der Waals surface area contributed by atoms with E-state index in [0.717, 1.165) is 11.3 Å². The summed E-state index contributed by atoms with van der Waals surface area (Å²) >= 11 is 0. The van der Waals surface area contributed by atoms with Crippen molar-refractivity contribution < 1.29 is 0 Å². The molecule has 2 N–H and O–H groups in total. The lowest BCUT2D eigenvalue weighted by molar-refractivity contribution is 1.32. The summed E-state index contributed by atoms with van der Waals surface area (Å²) < 4.78 is 0. The molecule has 2 aromatic rings. The van der Waals surface area contributed by atoms with E-state index in [4.69, 9.17) is 5.73 Å². The van der Waals surface area contributed by atoms with Gasteiger partial charge in [-0.05, 0) is 25.1 Å². The third-order valence-electron chi connectivity index (χ3n) is 2.10. The van der Waals surface area contributed by atoms with Gasteiger partial charge >= 0.3 is 0 Å². The van der Waals surface area contributed by atoms with Crippen LogP contribution in [0.3, 0.4) is 0 Å². The molecule has 0 aliphatic carbocycles. The van der Waals surface area contributed by atoms with Crippen LogP contribution in [0, 0.1) is 6.92 Å². The van der Waals surface area contributed by atoms with Gasteiger partial charge in [0.15, 0.2) is 0 Å². The minimum Gasteiger partial charge on any atom is -0.397 e. The third kappa shape index (κ3) is 1.74. The Morgan fingerprint density at radius 2 is 2.00 bits per heavy atom. The average molecular weight is 184 g/mol. The molecule has 0 spiro atoms. The molecule has 0 bridgehead atoms. The quantitative estimate of drug-likeness (QED) is 0.740. The Labute approximate surface area is 83.4 Å². The van der Waals surface area contributed by atoms with Crippen LogP contribution in [0.15, 0.2) is 42.6 Å². The standard InChI is InChI=1S/C12H12N2/c1-9-3-2-4-10(7-9)12-6-5-11(13)8-14-12/h2-8H,13H2,1H3. The molecule has 0 atom stereocenters. The summed E-state index contributed by atoms with van der Waals surface area (Å²) in [6, 6.07) is 12.1. The molecule has 2 rings (SSSR count). The maximum atomic E-state index is 5.57. The van der Waals surface area contributed by atoms with Crippen LogP contribution in [-0.4, -0.2) is 4.98 Å². The highest BCUT2D eigenvalue weighted by Crippen LogP contribution is 2.18. The topological polar surface area (TPSA) is 38.9 Å². The molecule has 2 nitrogen and oxygen atoms in total. The highest BCUT2D eigenvalue weighted by atomic mass is 14.7. The van der Waals surface area contributed by atoms with Crippen molar-refractivity contribution in [1.82, 2.24) is 4.98 Å². The van der Waals surface area contributed by atoms with Crippen LogP contribution >= 0.6 is 0 Å². The number of aromatic nitrogens is 1. The summed E-state index contributed by atoms with van der Waals surface area (Å²) in [4.78, 5) is 4.26. The second-order valence-corrected chi connectivity index (χ2v) is 3.35. The lowest BCUT2D eigenvalue weighted by Gasteiger charge is -2.01. The SMILES string of the molecule is Cc1cccc(-c2ccc(N)cn2)c1. The molecule has 0 radical (unpaired) electrons. The van der Waals surface area contributed by atoms with Crippen molar-refractivity contribution in [3.05, 3.63) is 48.2 Å². The van der Waals surface area contributed by atoms with Gasteiger partial charge in [0.25, 0.3) is 0 Å². The van der Waals surface area contributed by atoms with E-state index in [1.54, 1.807) is 6.20 Å². The van der Waals surface area contributed by atoms with Crippen LogP contribution in [0.5, 0.6) is 0 Å². The number of nitrogens with zero attached hydrogens (tertiary/aromatic N) is 1. The Hall–Kier alpha value is -1.83. The van der Waals surface area contributed by atoms with Crippen LogP contribution in [0.2, 0.25) is 0 Å². The first-order valence-electron chi connectivity index (χ1n) is 4.54. The molecule has 1 aromatic heterocycles. The molecule has 14 heavy (non-hydrogen) atoms. The molecule has 0 saturated heterocycles. The zero-order valence-corrected chi connectivity index (χ0v) is 8.07. The first-order valence-corrected chi connectivity index (χ1v) is 4.54. The first kappa shape index (κ1) is 8.75. The van der Waals surface area contributed by atoms with Gasteiger partial charge in [0, 0.05) is 5.56 Å². The van der Waals surface area contributed by atoms with Crippen molar-refractivity contribution in [3.8, 4) is 11.3 Å². The van der Waals surface area contributed by atoms with Crippen molar-refractivity contribution in [3.63, 3.8) is 0 Å². The van der Waals surface area contributed by atoms with Crippen LogP contribution in [0.25, 0.3) is 11.3 Å². The highest BCUT2D eigenvalue weighted by molar-refractivity contribution is 5.61. The van der Waals surface area contributed by atoms with Crippen molar-refractivity contribution in [1.29, 1.82) is 0 Å². The summed E-state index contributed by atoms with van der Waals surface area (Å²) in [5.74, 6) is 0. The Morgan fingerprint density at radius 3 is 2.64 bits per heavy atom. The number of aryl methyl sites for hydroxylation is 1. The predicted molar refractivity (Wildman–Crippen MR) is 58.8 cm³/mol. The lowest BCUT2D eigenvalue weighted by Crippen LogP contribution is -1.88. The van der Waals surface area contributed by atoms with E-state index < -0.39 is 0 Å². The van der Waals surface area contributed by atoms with Crippen LogP contribution in [0.4, 0.5) is 5.69 Å². The van der Waals surface area contributed by atoms with E-state index >= 15 is 0 Å². The average Bonchev–Trinajstić information content (AvgIpc) is 2.19. The van der Waals surface area contributed by atoms with E-state index in [2.05, 4.69) is 24.0 Å². The lowest BCUT2D eigenvalue weighted by atomic mass is 10.1. The molecule has 1 aromatic carbocycles. The molecule has 70 valence electrons. The number of hydrogen-bond acceptors (Lipinski definition) is 2. The van der Waals surface area contributed by atoms with Crippen molar-refractivity contribution in [2.24, 2.45) is 0 Å². The van der Waals surface area contributed by atoms with Gasteiger partial charge in [-0.1, -0.05) is 23.8 Å². The maximum absolute atomic E-state index is 5.57. The fourth-order valence-electron chi connectivity index (χ4n) is 1.38. The molecule has 0 saturated carbocycles. The molecule has 0 aliphatic heterocycles. The summed E-state index contributed by atoms with van der Waals surface area (Å²) in [5, 5.41) is 0. The highest BCUT2D eigenvalue weighted by Gasteiger charge is 1.97. The summed E-state index contributed by atoms with van der Waals surface area (Å²) in [7, 11) is 0. The zero-order valence-electron chi connectivity index (χ0n) is 8.07. The Morgan fingerprint density at radius 1 is 1.14 bits per heavy atom. The number of rotatable bonds is 1. The molecule has 1 heterocycles. The molecule has 0 unspecified atom stereocenters. The fourth-order valence-corrected chi connectivity index (χ4v) is 1.38. The number of benzene rings is 1. The monoisotopic (exact) mass is 184 g/mol. The number of pyridine rings is 1. The smallest absolute Gasteiger partial charge is 0.0703 e. The minimum atomic E-state index is 0.696. The number of anilines is 1. The summed E-state index contributed by atoms with van der Waals surface area (Å²) in [6.07, 6.45) is 1.68. The Bertz CT molecular complexity index is 432. The van der Waals surface area contributed by atoms with Crippen molar-refractivity contribution in [2.45, 2.75) is 6.92 Å². The van der Waals surface area contributed by atoms with E-state index in [1.165, 1.54) is 5.56 Å². The number of nitrogen functional groups attached to an aromatic ring is 1. The Kier molecular flexibility index (Phi) is 2.19. The van der Waals surface area contributed by atoms with Crippen LogP contribution in [-0.2, 0) is 0 Å². The first-order chi connectivity index (χ1) is 6.75. The van der Waals surface area contributed by atoms with Gasteiger partial charge in [0.2, 0.25) is 0 Å². The van der Waals surface area contributed by atoms with Crippen molar-refractivity contribution >= 4 is 5.69 Å². The number of hydrogen-bond donors (Lipinski definition) is 1. The van der Waals surface area contributed by atoms with Crippen molar-refractivity contribution in [2.75, 3.05) is 5.73 Å². The summed E-state index contributed by atoms with van der Waals surface area (Å²) in [5.41, 5.74) is 9.60. The van der Waals surface area contributed by atoms with Gasteiger partial charge in [0.05, 0.1) is 17.6 Å². The second kappa shape index (κ2) is 3.50. The molecule has 0 fully saturated rings. The Balaban J connectivity index is 2.44. The van der Waals surface area contributed by atoms with Gasteiger partial charge in [-0.3, -0.25) is 4.98 Å². The van der Waals surface area contributed by atoms with E-state index in [0.29, 0.717) is 5.69 Å². The van der Waals surface area contributed by atoms with Gasteiger partial charge in [-0.2, -0.15) is 0 Å². The summed E-state index contributed by atoms with van der Waals surface area (Å²) in [6.45, 7) is 2.07. The molecule has 0 amide bonds. The second-order valence-electron chi connectivity index (χ2n) is 3.35.